The zero-order valence-electron chi connectivity index (χ0n) is 2.98. The molecule has 3 heteroatoms. The molecule has 1 aliphatic rings. The number of carbonyl (C=O) groups excluding carboxylic acids is 1. The molecule has 0 aromatic carbocycles. The average Bonchev–Trinajstić information content (AvgIpc) is 2.19. The monoisotopic (exact) mass is 106 g/mol. The van der Waals surface area contributed by atoms with E-state index in [0.29, 0.717) is 5.88 Å². The van der Waals surface area contributed by atoms with Crippen molar-refractivity contribution in [3.05, 3.63) is 0 Å². The molecule has 0 N–H and O–H groups in total. The Bertz CT molecular complexity index is 80.9. The van der Waals surface area contributed by atoms with Crippen LogP contribution in [0.4, 0.5) is 0 Å². The van der Waals surface area contributed by atoms with E-state index in [9.17, 15) is 4.79 Å². The molecule has 0 aromatic rings. The fraction of sp³-hybridized carbons (Fsp3) is 0.667. The lowest BCUT2D eigenvalue weighted by Crippen LogP contribution is -1.84. The molecule has 0 spiro atoms. The van der Waals surface area contributed by atoms with Crippen molar-refractivity contribution in [2.45, 2.75) is 6.10 Å². The van der Waals surface area contributed by atoms with Crippen molar-refractivity contribution in [2.24, 2.45) is 0 Å². The number of alkyl halides is 1. The molecule has 2 nitrogen and oxygen atoms in total. The average molecular weight is 107 g/mol. The van der Waals surface area contributed by atoms with Crippen LogP contribution in [0.1, 0.15) is 0 Å². The Morgan fingerprint density at radius 1 is 2.00 bits per heavy atom. The predicted molar refractivity (Wildman–Crippen MR) is 20.6 cm³/mol. The molecular weight excluding hydrogens is 103 g/mol. The molecule has 0 bridgehead atoms. The van der Waals surface area contributed by atoms with Crippen LogP contribution in [-0.2, 0) is 9.53 Å². The molecule has 1 fully saturated rings. The van der Waals surface area contributed by atoms with Crippen molar-refractivity contribution in [1.82, 2.24) is 0 Å². The third-order valence-electron chi connectivity index (χ3n) is 0.604. The van der Waals surface area contributed by atoms with Gasteiger partial charge in [-0.25, -0.2) is 4.79 Å². The van der Waals surface area contributed by atoms with Gasteiger partial charge in [0.1, 0.15) is 0 Å². The second kappa shape index (κ2) is 1.12. The first kappa shape index (κ1) is 3.93. The molecule has 6 heavy (non-hydrogen) atoms. The first-order valence-electron chi connectivity index (χ1n) is 1.61. The van der Waals surface area contributed by atoms with Crippen LogP contribution in [0, 0.1) is 0 Å². The van der Waals surface area contributed by atoms with Gasteiger partial charge in [0.25, 0.3) is 0 Å². The zero-order valence-corrected chi connectivity index (χ0v) is 3.73. The number of hydrogen-bond donors (Lipinski definition) is 0. The molecule has 1 heterocycles. The fourth-order valence-electron chi connectivity index (χ4n) is 0.201. The summed E-state index contributed by atoms with van der Waals surface area (Å²) in [6, 6.07) is 0. The number of halogens is 1. The maximum atomic E-state index is 9.81. The van der Waals surface area contributed by atoms with Crippen molar-refractivity contribution in [3.63, 3.8) is 0 Å². The molecule has 0 saturated carbocycles. The number of rotatable bonds is 1. The number of carbonyl (C=O) groups is 1. The van der Waals surface area contributed by atoms with Gasteiger partial charge in [0.05, 0.1) is 5.88 Å². The van der Waals surface area contributed by atoms with Crippen molar-refractivity contribution >= 4 is 17.6 Å². The Morgan fingerprint density at radius 3 is 2.50 bits per heavy atom. The smallest absolute Gasteiger partial charge is 0.349 e. The Labute approximate surface area is 40.0 Å². The summed E-state index contributed by atoms with van der Waals surface area (Å²) in [5, 5.41) is 0. The van der Waals surface area contributed by atoms with Gasteiger partial charge in [-0.05, 0) is 0 Å². The highest BCUT2D eigenvalue weighted by atomic mass is 35.5. The summed E-state index contributed by atoms with van der Waals surface area (Å²) >= 11 is 5.15. The van der Waals surface area contributed by atoms with Gasteiger partial charge >= 0.3 is 5.97 Å². The lowest BCUT2D eigenvalue weighted by molar-refractivity contribution is -0.117. The minimum atomic E-state index is -0.272. The summed E-state index contributed by atoms with van der Waals surface area (Å²) in [6.07, 6.45) is -0.272. The zero-order chi connectivity index (χ0) is 4.57. The second-order valence-corrected chi connectivity index (χ2v) is 1.39. The number of hydrogen-bond acceptors (Lipinski definition) is 2. The molecule has 1 atom stereocenters. The van der Waals surface area contributed by atoms with Gasteiger partial charge in [0.2, 0.25) is 6.10 Å². The number of ether oxygens (including phenoxy) is 1. The van der Waals surface area contributed by atoms with Crippen molar-refractivity contribution in [2.75, 3.05) is 5.88 Å². The van der Waals surface area contributed by atoms with E-state index in [-0.39, 0.29) is 12.1 Å². The summed E-state index contributed by atoms with van der Waals surface area (Å²) in [7, 11) is 0. The normalized spacial score (nSPS) is 29.5. The largest absolute Gasteiger partial charge is 0.446 e. The van der Waals surface area contributed by atoms with E-state index in [4.69, 9.17) is 11.6 Å². The van der Waals surface area contributed by atoms with E-state index in [0.717, 1.165) is 0 Å². The van der Waals surface area contributed by atoms with E-state index in [1.165, 1.54) is 0 Å². The van der Waals surface area contributed by atoms with Gasteiger partial charge in [-0.3, -0.25) is 0 Å². The Kier molecular flexibility index (Phi) is 0.733. The molecule has 34 valence electrons. The first-order valence-corrected chi connectivity index (χ1v) is 2.14. The summed E-state index contributed by atoms with van der Waals surface area (Å²) in [5.74, 6) is 0.128. The molecule has 1 aliphatic heterocycles. The minimum absolute atomic E-state index is 0.176. The van der Waals surface area contributed by atoms with Crippen LogP contribution in [0.2, 0.25) is 0 Å². The van der Waals surface area contributed by atoms with E-state index in [1.54, 1.807) is 0 Å². The number of cyclic esters (lactones) is 1. The van der Waals surface area contributed by atoms with Crippen LogP contribution in [0.3, 0.4) is 0 Å². The van der Waals surface area contributed by atoms with Crippen LogP contribution in [-0.4, -0.2) is 18.0 Å². The summed E-state index contributed by atoms with van der Waals surface area (Å²) in [5.41, 5.74) is 0. The third-order valence-corrected chi connectivity index (χ3v) is 0.885. The summed E-state index contributed by atoms with van der Waals surface area (Å²) in [6.45, 7) is 0. The topological polar surface area (TPSA) is 29.6 Å². The molecular formula is C3H3ClO2. The van der Waals surface area contributed by atoms with E-state index in [1.807, 2.05) is 0 Å². The van der Waals surface area contributed by atoms with Crippen LogP contribution in [0.15, 0.2) is 0 Å². The maximum absolute atomic E-state index is 9.81. The Morgan fingerprint density at radius 2 is 2.50 bits per heavy atom. The van der Waals surface area contributed by atoms with Crippen LogP contribution < -0.4 is 0 Å². The molecule has 0 amide bonds. The van der Waals surface area contributed by atoms with Crippen molar-refractivity contribution in [3.8, 4) is 0 Å². The van der Waals surface area contributed by atoms with Gasteiger partial charge < -0.3 is 4.74 Å². The number of epoxide rings is 1. The lowest BCUT2D eigenvalue weighted by atomic mass is 10.6. The van der Waals surface area contributed by atoms with Crippen molar-refractivity contribution in [1.29, 1.82) is 0 Å². The van der Waals surface area contributed by atoms with Crippen LogP contribution in [0.5, 0.6) is 0 Å². The highest BCUT2D eigenvalue weighted by Crippen LogP contribution is 2.12. The summed E-state index contributed by atoms with van der Waals surface area (Å²) in [4.78, 5) is 9.81. The van der Waals surface area contributed by atoms with Crippen LogP contribution in [0.25, 0.3) is 0 Å². The Balaban J connectivity index is 2.26. The quantitative estimate of drug-likeness (QED) is 0.352. The minimum Gasteiger partial charge on any atom is -0.446 e. The van der Waals surface area contributed by atoms with Gasteiger partial charge in [-0.15, -0.1) is 11.6 Å². The van der Waals surface area contributed by atoms with E-state index < -0.39 is 0 Å². The maximum Gasteiger partial charge on any atom is 0.349 e. The standard InChI is InChI=1S/C3H3ClO2/c4-1-2-3(5)6-2/h2H,1H2/t2-/m0/s1. The van der Waals surface area contributed by atoms with E-state index in [2.05, 4.69) is 4.74 Å². The van der Waals surface area contributed by atoms with Gasteiger partial charge in [-0.2, -0.15) is 0 Å². The first-order chi connectivity index (χ1) is 2.84. The molecule has 0 aromatic heterocycles. The van der Waals surface area contributed by atoms with Crippen LogP contribution >= 0.6 is 11.6 Å². The molecule has 0 aliphatic carbocycles. The highest BCUT2D eigenvalue weighted by molar-refractivity contribution is 6.20. The second-order valence-electron chi connectivity index (χ2n) is 1.08. The summed E-state index contributed by atoms with van der Waals surface area (Å²) < 4.78 is 4.30. The van der Waals surface area contributed by atoms with Gasteiger partial charge in [0.15, 0.2) is 0 Å². The fourth-order valence-corrected chi connectivity index (χ4v) is 0.390. The Hall–Kier alpha value is -0.240. The molecule has 1 saturated heterocycles. The molecule has 1 rings (SSSR count). The van der Waals surface area contributed by atoms with Gasteiger partial charge in [-0.1, -0.05) is 0 Å². The van der Waals surface area contributed by atoms with E-state index >= 15 is 0 Å². The third kappa shape index (κ3) is 0.476. The SMILES string of the molecule is O=C1O[C@H]1CCl. The predicted octanol–water partition coefficient (Wildman–Crippen LogP) is 0.151. The molecule has 0 radical (unpaired) electrons. The molecule has 0 unspecified atom stereocenters. The highest BCUT2D eigenvalue weighted by Gasteiger charge is 2.36. The van der Waals surface area contributed by atoms with Crippen molar-refractivity contribution < 1.29 is 9.53 Å². The van der Waals surface area contributed by atoms with Gasteiger partial charge in [0, 0.05) is 0 Å². The lowest BCUT2D eigenvalue weighted by Gasteiger charge is -1.63.